The largest absolute Gasteiger partial charge is 0.390 e. The summed E-state index contributed by atoms with van der Waals surface area (Å²) < 4.78 is 24.2. The quantitative estimate of drug-likeness (QED) is 0.889. The Hall–Kier alpha value is -1.79. The number of benzene rings is 1. The summed E-state index contributed by atoms with van der Waals surface area (Å²) >= 11 is 0. The molecule has 0 unspecified atom stereocenters. The number of sulfone groups is 1. The van der Waals surface area contributed by atoms with Gasteiger partial charge in [-0.15, -0.1) is 0 Å². The van der Waals surface area contributed by atoms with Crippen LogP contribution in [0.4, 0.5) is 0 Å². The van der Waals surface area contributed by atoms with E-state index in [1.807, 2.05) is 0 Å². The second-order valence-corrected chi connectivity index (χ2v) is 5.67. The first kappa shape index (κ1) is 12.7. The Morgan fingerprint density at radius 3 is 2.22 bits per heavy atom. The molecule has 2 rings (SSSR count). The summed E-state index contributed by atoms with van der Waals surface area (Å²) in [5.74, 6) is -0.263. The molecule has 6 heteroatoms. The van der Waals surface area contributed by atoms with Crippen molar-refractivity contribution < 1.29 is 13.5 Å². The lowest BCUT2D eigenvalue weighted by atomic mass is 10.3. The maximum absolute atomic E-state index is 12.1. The summed E-state index contributed by atoms with van der Waals surface area (Å²) in [6, 6.07) is 8.14. The van der Waals surface area contributed by atoms with Crippen molar-refractivity contribution in [1.82, 2.24) is 9.97 Å². The lowest BCUT2D eigenvalue weighted by molar-refractivity contribution is 0.275. The van der Waals surface area contributed by atoms with Crippen molar-refractivity contribution in [2.75, 3.05) is 0 Å². The van der Waals surface area contributed by atoms with E-state index >= 15 is 0 Å². The molecule has 0 aliphatic carbocycles. The Balaban J connectivity index is 2.34. The lowest BCUT2D eigenvalue weighted by Crippen LogP contribution is -2.09. The molecule has 0 saturated heterocycles. The highest BCUT2D eigenvalue weighted by Crippen LogP contribution is 2.16. The van der Waals surface area contributed by atoms with Crippen LogP contribution in [-0.4, -0.2) is 23.5 Å². The van der Waals surface area contributed by atoms with Crippen molar-refractivity contribution >= 4 is 9.84 Å². The van der Waals surface area contributed by atoms with Crippen LogP contribution in [0, 0.1) is 0 Å². The Bertz CT molecular complexity index is 627. The van der Waals surface area contributed by atoms with Gasteiger partial charge < -0.3 is 5.11 Å². The number of rotatable bonds is 4. The Morgan fingerprint density at radius 1 is 1.00 bits per heavy atom. The topological polar surface area (TPSA) is 80.2 Å². The molecule has 0 bridgehead atoms. The number of hydrogen-bond acceptors (Lipinski definition) is 5. The van der Waals surface area contributed by atoms with Gasteiger partial charge in [-0.2, -0.15) is 0 Å². The number of nitrogens with zero attached hydrogens (tertiary/aromatic N) is 2. The van der Waals surface area contributed by atoms with Crippen LogP contribution in [0.25, 0.3) is 0 Å². The van der Waals surface area contributed by atoms with Crippen molar-refractivity contribution in [2.45, 2.75) is 17.3 Å². The van der Waals surface area contributed by atoms with E-state index in [9.17, 15) is 8.42 Å². The third-order valence-electron chi connectivity index (χ3n) is 2.44. The second kappa shape index (κ2) is 5.24. The van der Waals surface area contributed by atoms with E-state index in [0.717, 1.165) is 0 Å². The van der Waals surface area contributed by atoms with Crippen molar-refractivity contribution in [1.29, 1.82) is 0 Å². The summed E-state index contributed by atoms with van der Waals surface area (Å²) in [4.78, 5) is 8.09. The van der Waals surface area contributed by atoms with Crippen molar-refractivity contribution in [3.05, 3.63) is 54.1 Å². The molecule has 18 heavy (non-hydrogen) atoms. The van der Waals surface area contributed by atoms with Gasteiger partial charge in [0.05, 0.1) is 28.6 Å². The molecule has 1 N–H and O–H groups in total. The zero-order chi connectivity index (χ0) is 13.0. The lowest BCUT2D eigenvalue weighted by Gasteiger charge is -2.06. The van der Waals surface area contributed by atoms with E-state index in [2.05, 4.69) is 9.97 Å². The molecule has 0 spiro atoms. The van der Waals surface area contributed by atoms with Crippen LogP contribution >= 0.6 is 0 Å². The molecule has 2 aromatic rings. The van der Waals surface area contributed by atoms with E-state index < -0.39 is 9.84 Å². The Labute approximate surface area is 105 Å². The van der Waals surface area contributed by atoms with Gasteiger partial charge in [-0.05, 0) is 12.1 Å². The van der Waals surface area contributed by atoms with Crippen LogP contribution in [0.1, 0.15) is 11.4 Å². The number of aliphatic hydroxyl groups is 1. The molecule has 0 saturated carbocycles. The van der Waals surface area contributed by atoms with Crippen molar-refractivity contribution in [2.24, 2.45) is 0 Å². The summed E-state index contributed by atoms with van der Waals surface area (Å²) in [5, 5.41) is 9.09. The smallest absolute Gasteiger partial charge is 0.184 e. The standard InChI is InChI=1S/C12H12N2O3S/c15-8-11-12(14-7-6-13-11)9-18(16,17)10-4-2-1-3-5-10/h1-7,15H,8-9H2. The maximum atomic E-state index is 12.1. The Morgan fingerprint density at radius 2 is 1.61 bits per heavy atom. The third kappa shape index (κ3) is 2.72. The van der Waals surface area contributed by atoms with E-state index in [1.54, 1.807) is 18.2 Å². The molecule has 0 amide bonds. The van der Waals surface area contributed by atoms with Crippen LogP contribution in [0.5, 0.6) is 0 Å². The van der Waals surface area contributed by atoms with Gasteiger partial charge in [-0.1, -0.05) is 18.2 Å². The van der Waals surface area contributed by atoms with Gasteiger partial charge in [0.2, 0.25) is 0 Å². The average molecular weight is 264 g/mol. The molecule has 1 aromatic heterocycles. The average Bonchev–Trinajstić information content (AvgIpc) is 2.40. The maximum Gasteiger partial charge on any atom is 0.184 e. The van der Waals surface area contributed by atoms with E-state index in [4.69, 9.17) is 5.11 Å². The molecule has 1 heterocycles. The first-order valence-electron chi connectivity index (χ1n) is 5.31. The fraction of sp³-hybridized carbons (Fsp3) is 0.167. The SMILES string of the molecule is O=S(=O)(Cc1nccnc1CO)c1ccccc1. The first-order chi connectivity index (χ1) is 8.63. The highest BCUT2D eigenvalue weighted by Gasteiger charge is 2.18. The molecule has 94 valence electrons. The zero-order valence-corrected chi connectivity index (χ0v) is 10.3. The minimum absolute atomic E-state index is 0.236. The van der Waals surface area contributed by atoms with Gasteiger partial charge in [-0.3, -0.25) is 9.97 Å². The fourth-order valence-corrected chi connectivity index (χ4v) is 2.88. The predicted octanol–water partition coefficient (Wildman–Crippen LogP) is 0.943. The van der Waals surface area contributed by atoms with Gasteiger partial charge >= 0.3 is 0 Å². The molecule has 5 nitrogen and oxygen atoms in total. The van der Waals surface area contributed by atoms with Crippen LogP contribution in [0.2, 0.25) is 0 Å². The highest BCUT2D eigenvalue weighted by molar-refractivity contribution is 7.90. The minimum atomic E-state index is -3.46. The summed E-state index contributed by atoms with van der Waals surface area (Å²) in [6.45, 7) is -0.326. The molecular weight excluding hydrogens is 252 g/mol. The summed E-state index contributed by atoms with van der Waals surface area (Å²) in [5.41, 5.74) is 0.570. The summed E-state index contributed by atoms with van der Waals surface area (Å²) in [7, 11) is -3.46. The van der Waals surface area contributed by atoms with Crippen LogP contribution in [0.3, 0.4) is 0 Å². The zero-order valence-electron chi connectivity index (χ0n) is 9.52. The second-order valence-electron chi connectivity index (χ2n) is 3.68. The molecule has 0 atom stereocenters. The van der Waals surface area contributed by atoms with Crippen molar-refractivity contribution in [3.63, 3.8) is 0 Å². The van der Waals surface area contributed by atoms with E-state index in [1.165, 1.54) is 24.5 Å². The normalized spacial score (nSPS) is 11.4. The third-order valence-corrected chi connectivity index (χ3v) is 4.08. The number of hydrogen-bond donors (Lipinski definition) is 1. The monoisotopic (exact) mass is 264 g/mol. The number of aromatic nitrogens is 2. The predicted molar refractivity (Wildman–Crippen MR) is 65.3 cm³/mol. The highest BCUT2D eigenvalue weighted by atomic mass is 32.2. The number of aliphatic hydroxyl groups excluding tert-OH is 1. The van der Waals surface area contributed by atoms with Gasteiger partial charge in [-0.25, -0.2) is 8.42 Å². The van der Waals surface area contributed by atoms with Crippen molar-refractivity contribution in [3.8, 4) is 0 Å². The summed E-state index contributed by atoms with van der Waals surface area (Å²) in [6.07, 6.45) is 2.83. The van der Waals surface area contributed by atoms with Gasteiger partial charge in [0, 0.05) is 12.4 Å². The minimum Gasteiger partial charge on any atom is -0.390 e. The van der Waals surface area contributed by atoms with Gasteiger partial charge in [0.15, 0.2) is 9.84 Å². The Kier molecular flexibility index (Phi) is 3.69. The van der Waals surface area contributed by atoms with E-state index in [0.29, 0.717) is 0 Å². The molecule has 0 aliphatic rings. The van der Waals surface area contributed by atoms with Crippen LogP contribution < -0.4 is 0 Å². The van der Waals surface area contributed by atoms with E-state index in [-0.39, 0.29) is 28.6 Å². The van der Waals surface area contributed by atoms with Crippen LogP contribution in [-0.2, 0) is 22.2 Å². The van der Waals surface area contributed by atoms with Gasteiger partial charge in [0.25, 0.3) is 0 Å². The molecule has 0 aliphatic heterocycles. The van der Waals surface area contributed by atoms with Gasteiger partial charge in [0.1, 0.15) is 0 Å². The molecule has 0 radical (unpaired) electrons. The fourth-order valence-electron chi connectivity index (χ4n) is 1.54. The molecular formula is C12H12N2O3S. The van der Waals surface area contributed by atoms with Crippen LogP contribution in [0.15, 0.2) is 47.6 Å². The first-order valence-corrected chi connectivity index (χ1v) is 6.96. The molecule has 0 fully saturated rings. The molecule has 1 aromatic carbocycles.